The zero-order valence-electron chi connectivity index (χ0n) is 12.2. The van der Waals surface area contributed by atoms with Gasteiger partial charge in [0.25, 0.3) is 0 Å². The van der Waals surface area contributed by atoms with Crippen LogP contribution in [0.25, 0.3) is 0 Å². The predicted octanol–water partition coefficient (Wildman–Crippen LogP) is 3.67. The van der Waals surface area contributed by atoms with Crippen LogP contribution in [0.5, 0.6) is 5.75 Å². The van der Waals surface area contributed by atoms with Gasteiger partial charge in [-0.1, -0.05) is 37.6 Å². The molecule has 0 unspecified atom stereocenters. The van der Waals surface area contributed by atoms with Crippen LogP contribution in [0, 0.1) is 0 Å². The molecule has 1 N–H and O–H groups in total. The molecule has 2 aromatic carbocycles. The van der Waals surface area contributed by atoms with Crippen molar-refractivity contribution in [2.45, 2.75) is 19.8 Å². The minimum Gasteiger partial charge on any atom is -0.489 e. The minimum atomic E-state index is 0.0218. The van der Waals surface area contributed by atoms with Crippen LogP contribution in [0.4, 0.5) is 5.69 Å². The van der Waals surface area contributed by atoms with E-state index in [4.69, 9.17) is 4.74 Å². The maximum atomic E-state index is 12.8. The lowest BCUT2D eigenvalue weighted by Crippen LogP contribution is -2.20. The molecule has 0 saturated heterocycles. The molecule has 3 rings (SSSR count). The topological polar surface area (TPSA) is 38.3 Å². The first-order valence-electron chi connectivity index (χ1n) is 7.43. The van der Waals surface area contributed by atoms with Gasteiger partial charge in [-0.05, 0) is 30.2 Å². The largest absolute Gasteiger partial charge is 0.489 e. The van der Waals surface area contributed by atoms with E-state index in [-0.39, 0.29) is 5.78 Å². The van der Waals surface area contributed by atoms with Gasteiger partial charge in [-0.3, -0.25) is 4.79 Å². The molecule has 0 aliphatic carbocycles. The summed E-state index contributed by atoms with van der Waals surface area (Å²) >= 11 is 0. The van der Waals surface area contributed by atoms with E-state index >= 15 is 0 Å². The first kappa shape index (κ1) is 13.7. The molecule has 0 radical (unpaired) electrons. The number of para-hydroxylation sites is 1. The van der Waals surface area contributed by atoms with E-state index in [9.17, 15) is 4.79 Å². The van der Waals surface area contributed by atoms with Crippen molar-refractivity contribution < 1.29 is 9.53 Å². The third kappa shape index (κ3) is 2.77. The van der Waals surface area contributed by atoms with E-state index in [1.807, 2.05) is 36.4 Å². The van der Waals surface area contributed by atoms with E-state index < -0.39 is 0 Å². The van der Waals surface area contributed by atoms with Gasteiger partial charge in [0.15, 0.2) is 11.5 Å². The highest BCUT2D eigenvalue weighted by Gasteiger charge is 2.20. The van der Waals surface area contributed by atoms with Gasteiger partial charge in [-0.15, -0.1) is 0 Å². The summed E-state index contributed by atoms with van der Waals surface area (Å²) in [6.07, 6.45) is 2.07. The molecule has 2 aromatic rings. The highest BCUT2D eigenvalue weighted by molar-refractivity contribution is 6.11. The van der Waals surface area contributed by atoms with Gasteiger partial charge in [0, 0.05) is 12.1 Å². The molecule has 0 amide bonds. The quantitative estimate of drug-likeness (QED) is 0.869. The summed E-state index contributed by atoms with van der Waals surface area (Å²) in [5, 5.41) is 3.26. The second-order valence-corrected chi connectivity index (χ2v) is 5.24. The van der Waals surface area contributed by atoms with Crippen LogP contribution in [0.1, 0.15) is 34.8 Å². The van der Waals surface area contributed by atoms with Crippen LogP contribution in [-0.2, 0) is 6.42 Å². The molecular formula is C18H19NO2. The predicted molar refractivity (Wildman–Crippen MR) is 84.3 cm³/mol. The van der Waals surface area contributed by atoms with Crippen LogP contribution in [0.2, 0.25) is 0 Å². The number of ether oxygens (including phenoxy) is 1. The maximum Gasteiger partial charge on any atom is 0.196 e. The number of aryl methyl sites for hydroxylation is 1. The second kappa shape index (κ2) is 6.00. The molecular weight excluding hydrogens is 262 g/mol. The Kier molecular flexibility index (Phi) is 3.91. The molecule has 0 atom stereocenters. The fraction of sp³-hybridized carbons (Fsp3) is 0.278. The van der Waals surface area contributed by atoms with Gasteiger partial charge in [0.05, 0.1) is 11.3 Å². The number of hydrogen-bond donors (Lipinski definition) is 1. The maximum absolute atomic E-state index is 12.8. The third-order valence-electron chi connectivity index (χ3n) is 3.65. The molecule has 1 aliphatic rings. The van der Waals surface area contributed by atoms with Gasteiger partial charge >= 0.3 is 0 Å². The molecule has 1 aliphatic heterocycles. The van der Waals surface area contributed by atoms with Crippen molar-refractivity contribution in [1.82, 2.24) is 0 Å². The fourth-order valence-corrected chi connectivity index (χ4v) is 2.66. The summed E-state index contributed by atoms with van der Waals surface area (Å²) in [5.41, 5.74) is 3.46. The number of carbonyl (C=O) groups excluding carboxylic acids is 1. The number of benzene rings is 2. The van der Waals surface area contributed by atoms with Crippen LogP contribution in [-0.4, -0.2) is 18.9 Å². The number of carbonyl (C=O) groups is 1. The number of ketones is 1. The Morgan fingerprint density at radius 1 is 1.24 bits per heavy atom. The number of anilines is 1. The SMILES string of the molecule is CCCc1cccc(C(=O)c2cccc3c2OCCN3)c1. The zero-order chi connectivity index (χ0) is 14.7. The van der Waals surface area contributed by atoms with E-state index in [2.05, 4.69) is 18.3 Å². The standard InChI is InChI=1S/C18H19NO2/c1-2-5-13-6-3-7-14(12-13)17(20)15-8-4-9-16-18(15)21-11-10-19-16/h3-4,6-9,12,19H,2,5,10-11H2,1H3. The van der Waals surface area contributed by atoms with Crippen LogP contribution in [0.3, 0.4) is 0 Å². The van der Waals surface area contributed by atoms with Crippen molar-refractivity contribution in [2.75, 3.05) is 18.5 Å². The number of rotatable bonds is 4. The molecule has 0 bridgehead atoms. The van der Waals surface area contributed by atoms with E-state index in [1.54, 1.807) is 0 Å². The number of hydrogen-bond acceptors (Lipinski definition) is 3. The molecule has 0 fully saturated rings. The summed E-state index contributed by atoms with van der Waals surface area (Å²) in [5.74, 6) is 0.697. The average Bonchev–Trinajstić information content (AvgIpc) is 2.54. The third-order valence-corrected chi connectivity index (χ3v) is 3.65. The Hall–Kier alpha value is -2.29. The number of nitrogens with one attached hydrogen (secondary N) is 1. The Labute approximate surface area is 124 Å². The summed E-state index contributed by atoms with van der Waals surface area (Å²) in [7, 11) is 0. The molecule has 0 spiro atoms. The van der Waals surface area contributed by atoms with Crippen LogP contribution >= 0.6 is 0 Å². The lowest BCUT2D eigenvalue weighted by atomic mass is 9.98. The highest BCUT2D eigenvalue weighted by atomic mass is 16.5. The van der Waals surface area contributed by atoms with E-state index in [1.165, 1.54) is 5.56 Å². The van der Waals surface area contributed by atoms with Gasteiger partial charge in [0.2, 0.25) is 0 Å². The fourth-order valence-electron chi connectivity index (χ4n) is 2.66. The molecule has 0 saturated carbocycles. The molecule has 3 heteroatoms. The first-order valence-corrected chi connectivity index (χ1v) is 7.43. The Morgan fingerprint density at radius 3 is 2.95 bits per heavy atom. The Bertz CT molecular complexity index is 664. The van der Waals surface area contributed by atoms with Crippen molar-refractivity contribution in [1.29, 1.82) is 0 Å². The van der Waals surface area contributed by atoms with Crippen molar-refractivity contribution in [3.8, 4) is 5.75 Å². The molecule has 3 nitrogen and oxygen atoms in total. The van der Waals surface area contributed by atoms with Gasteiger partial charge in [0.1, 0.15) is 6.61 Å². The smallest absolute Gasteiger partial charge is 0.196 e. The lowest BCUT2D eigenvalue weighted by Gasteiger charge is -2.21. The molecule has 0 aromatic heterocycles. The van der Waals surface area contributed by atoms with Crippen molar-refractivity contribution in [2.24, 2.45) is 0 Å². The average molecular weight is 281 g/mol. The number of fused-ring (bicyclic) bond motifs is 1. The Balaban J connectivity index is 1.97. The lowest BCUT2D eigenvalue weighted by molar-refractivity contribution is 0.103. The van der Waals surface area contributed by atoms with E-state index in [0.29, 0.717) is 17.9 Å². The van der Waals surface area contributed by atoms with Crippen LogP contribution < -0.4 is 10.1 Å². The van der Waals surface area contributed by atoms with Gasteiger partial charge < -0.3 is 10.1 Å². The van der Waals surface area contributed by atoms with Gasteiger partial charge in [-0.2, -0.15) is 0 Å². The summed E-state index contributed by atoms with van der Waals surface area (Å²) in [6.45, 7) is 3.51. The molecule has 21 heavy (non-hydrogen) atoms. The van der Waals surface area contributed by atoms with Crippen molar-refractivity contribution in [3.63, 3.8) is 0 Å². The summed E-state index contributed by atoms with van der Waals surface area (Å²) in [6, 6.07) is 13.5. The molecule has 1 heterocycles. The normalized spacial score (nSPS) is 13.0. The van der Waals surface area contributed by atoms with Crippen molar-refractivity contribution >= 4 is 11.5 Å². The minimum absolute atomic E-state index is 0.0218. The van der Waals surface area contributed by atoms with E-state index in [0.717, 1.165) is 30.6 Å². The summed E-state index contributed by atoms with van der Waals surface area (Å²) < 4.78 is 5.69. The summed E-state index contributed by atoms with van der Waals surface area (Å²) in [4.78, 5) is 12.8. The zero-order valence-corrected chi connectivity index (χ0v) is 12.2. The first-order chi connectivity index (χ1) is 10.3. The molecule has 108 valence electrons. The monoisotopic (exact) mass is 281 g/mol. The van der Waals surface area contributed by atoms with Crippen LogP contribution in [0.15, 0.2) is 42.5 Å². The van der Waals surface area contributed by atoms with Crippen molar-refractivity contribution in [3.05, 3.63) is 59.2 Å². The Morgan fingerprint density at radius 2 is 2.10 bits per heavy atom. The highest BCUT2D eigenvalue weighted by Crippen LogP contribution is 2.32. The van der Waals surface area contributed by atoms with Gasteiger partial charge in [-0.25, -0.2) is 0 Å². The second-order valence-electron chi connectivity index (χ2n) is 5.24.